The van der Waals surface area contributed by atoms with E-state index in [0.29, 0.717) is 11.3 Å². The van der Waals surface area contributed by atoms with Gasteiger partial charge in [0.05, 0.1) is 0 Å². The van der Waals surface area contributed by atoms with Crippen molar-refractivity contribution >= 4 is 5.88 Å². The Labute approximate surface area is 96.0 Å². The lowest BCUT2D eigenvalue weighted by Gasteiger charge is -2.04. The van der Waals surface area contributed by atoms with E-state index < -0.39 is 6.61 Å². The van der Waals surface area contributed by atoms with E-state index in [1.807, 2.05) is 0 Å². The first-order valence-electron chi connectivity index (χ1n) is 4.85. The summed E-state index contributed by atoms with van der Waals surface area (Å²) in [6, 6.07) is 6.10. The van der Waals surface area contributed by atoms with Crippen molar-refractivity contribution < 1.29 is 18.0 Å². The van der Waals surface area contributed by atoms with Crippen LogP contribution in [0.4, 0.5) is 14.7 Å². The minimum atomic E-state index is -2.83. The van der Waals surface area contributed by atoms with Crippen LogP contribution in [-0.2, 0) is 0 Å². The molecule has 0 atom stereocenters. The SMILES string of the molecule is Cc1c(-c2ccc(OC(F)F)cc2)noc1N. The number of alkyl halides is 2. The standard InChI is InChI=1S/C11H10F2N2O2/c1-6-9(15-17-10(6)14)7-2-4-8(5-3-7)16-11(12)13/h2-5,11H,14H2,1H3. The first kappa shape index (κ1) is 11.4. The Kier molecular flexibility index (Phi) is 2.95. The normalized spacial score (nSPS) is 10.8. The molecule has 0 saturated carbocycles. The van der Waals surface area contributed by atoms with Crippen molar-refractivity contribution in [1.29, 1.82) is 0 Å². The van der Waals surface area contributed by atoms with Crippen molar-refractivity contribution in [2.24, 2.45) is 0 Å². The molecule has 17 heavy (non-hydrogen) atoms. The Bertz CT molecular complexity index is 509. The van der Waals surface area contributed by atoms with Crippen molar-refractivity contribution in [3.05, 3.63) is 29.8 Å². The second-order valence-corrected chi connectivity index (χ2v) is 3.42. The fourth-order valence-electron chi connectivity index (χ4n) is 1.41. The molecule has 0 saturated heterocycles. The van der Waals surface area contributed by atoms with Gasteiger partial charge in [-0.25, -0.2) is 0 Å². The summed E-state index contributed by atoms with van der Waals surface area (Å²) in [5.41, 5.74) is 7.55. The zero-order chi connectivity index (χ0) is 12.4. The number of aromatic nitrogens is 1. The van der Waals surface area contributed by atoms with Gasteiger partial charge in [-0.15, -0.1) is 0 Å². The highest BCUT2D eigenvalue weighted by molar-refractivity contribution is 5.66. The lowest BCUT2D eigenvalue weighted by atomic mass is 10.1. The van der Waals surface area contributed by atoms with Crippen LogP contribution in [0.2, 0.25) is 0 Å². The molecular formula is C11H10F2N2O2. The van der Waals surface area contributed by atoms with E-state index in [-0.39, 0.29) is 11.6 Å². The third-order valence-electron chi connectivity index (χ3n) is 2.31. The van der Waals surface area contributed by atoms with Crippen LogP contribution >= 0.6 is 0 Å². The van der Waals surface area contributed by atoms with Gasteiger partial charge in [-0.2, -0.15) is 8.78 Å². The second kappa shape index (κ2) is 4.40. The van der Waals surface area contributed by atoms with Gasteiger partial charge in [-0.1, -0.05) is 5.16 Å². The molecule has 1 aromatic heterocycles. The molecule has 2 rings (SSSR count). The van der Waals surface area contributed by atoms with Crippen LogP contribution in [0.25, 0.3) is 11.3 Å². The van der Waals surface area contributed by atoms with Crippen LogP contribution in [0.15, 0.2) is 28.8 Å². The molecule has 1 heterocycles. The van der Waals surface area contributed by atoms with Crippen LogP contribution in [0.1, 0.15) is 5.56 Å². The summed E-state index contributed by atoms with van der Waals surface area (Å²) >= 11 is 0. The minimum absolute atomic E-state index is 0.0952. The van der Waals surface area contributed by atoms with Crippen LogP contribution in [0.3, 0.4) is 0 Å². The minimum Gasteiger partial charge on any atom is -0.435 e. The van der Waals surface area contributed by atoms with Gasteiger partial charge in [0.1, 0.15) is 11.4 Å². The Morgan fingerprint density at radius 3 is 2.41 bits per heavy atom. The van der Waals surface area contributed by atoms with E-state index in [1.165, 1.54) is 12.1 Å². The number of hydrogen-bond acceptors (Lipinski definition) is 4. The summed E-state index contributed by atoms with van der Waals surface area (Å²) in [6.07, 6.45) is 0. The summed E-state index contributed by atoms with van der Waals surface area (Å²) < 4.78 is 33.0. The topological polar surface area (TPSA) is 61.3 Å². The third-order valence-corrected chi connectivity index (χ3v) is 2.31. The first-order valence-corrected chi connectivity index (χ1v) is 4.85. The summed E-state index contributed by atoms with van der Waals surface area (Å²) in [6.45, 7) is -1.06. The molecule has 4 nitrogen and oxygen atoms in total. The maximum Gasteiger partial charge on any atom is 0.387 e. The highest BCUT2D eigenvalue weighted by Gasteiger charge is 2.11. The van der Waals surface area contributed by atoms with E-state index in [0.717, 1.165) is 5.56 Å². The maximum atomic E-state index is 11.9. The predicted molar refractivity (Wildman–Crippen MR) is 57.7 cm³/mol. The summed E-state index contributed by atoms with van der Waals surface area (Å²) in [5.74, 6) is 0.339. The van der Waals surface area contributed by atoms with Crippen molar-refractivity contribution in [3.63, 3.8) is 0 Å². The number of halogens is 2. The number of nitrogens with zero attached hydrogens (tertiary/aromatic N) is 1. The maximum absolute atomic E-state index is 11.9. The van der Waals surface area contributed by atoms with E-state index >= 15 is 0 Å². The molecular weight excluding hydrogens is 230 g/mol. The fraction of sp³-hybridized carbons (Fsp3) is 0.182. The number of benzene rings is 1. The molecule has 0 aliphatic carbocycles. The molecule has 0 unspecified atom stereocenters. The Morgan fingerprint density at radius 2 is 1.94 bits per heavy atom. The number of nitrogen functional groups attached to an aromatic ring is 1. The molecule has 0 spiro atoms. The number of ether oxygens (including phenoxy) is 1. The van der Waals surface area contributed by atoms with Gasteiger partial charge in [0.25, 0.3) is 0 Å². The van der Waals surface area contributed by atoms with Crippen molar-refractivity contribution in [3.8, 4) is 17.0 Å². The van der Waals surface area contributed by atoms with Gasteiger partial charge >= 0.3 is 6.61 Å². The van der Waals surface area contributed by atoms with Gasteiger partial charge < -0.3 is 15.0 Å². The lowest BCUT2D eigenvalue weighted by Crippen LogP contribution is -2.01. The average molecular weight is 240 g/mol. The Hall–Kier alpha value is -2.11. The molecule has 0 fully saturated rings. The summed E-state index contributed by atoms with van der Waals surface area (Å²) in [4.78, 5) is 0. The Balaban J connectivity index is 2.26. The van der Waals surface area contributed by atoms with E-state index in [9.17, 15) is 8.78 Å². The van der Waals surface area contributed by atoms with Gasteiger partial charge in [0.15, 0.2) is 0 Å². The molecule has 2 N–H and O–H groups in total. The first-order chi connectivity index (χ1) is 8.08. The van der Waals surface area contributed by atoms with Crippen molar-refractivity contribution in [1.82, 2.24) is 5.16 Å². The van der Waals surface area contributed by atoms with Crippen LogP contribution in [0.5, 0.6) is 5.75 Å². The van der Waals surface area contributed by atoms with Gasteiger partial charge in [0.2, 0.25) is 5.88 Å². The van der Waals surface area contributed by atoms with Gasteiger partial charge in [-0.05, 0) is 31.2 Å². The Morgan fingerprint density at radius 1 is 1.29 bits per heavy atom. The van der Waals surface area contributed by atoms with Gasteiger partial charge in [0, 0.05) is 11.1 Å². The molecule has 6 heteroatoms. The van der Waals surface area contributed by atoms with Crippen LogP contribution in [0, 0.1) is 6.92 Å². The molecule has 0 amide bonds. The quantitative estimate of drug-likeness (QED) is 0.896. The molecule has 2 aromatic rings. The predicted octanol–water partition coefficient (Wildman–Crippen LogP) is 2.83. The van der Waals surface area contributed by atoms with E-state index in [1.54, 1.807) is 19.1 Å². The van der Waals surface area contributed by atoms with Crippen molar-refractivity contribution in [2.45, 2.75) is 13.5 Å². The molecule has 0 radical (unpaired) electrons. The molecule has 0 bridgehead atoms. The fourth-order valence-corrected chi connectivity index (χ4v) is 1.41. The highest BCUT2D eigenvalue weighted by atomic mass is 19.3. The van der Waals surface area contributed by atoms with Crippen molar-refractivity contribution in [2.75, 3.05) is 5.73 Å². The smallest absolute Gasteiger partial charge is 0.387 e. The van der Waals surface area contributed by atoms with Crippen LogP contribution in [-0.4, -0.2) is 11.8 Å². The van der Waals surface area contributed by atoms with Crippen LogP contribution < -0.4 is 10.5 Å². The van der Waals surface area contributed by atoms with E-state index in [4.69, 9.17) is 10.3 Å². The zero-order valence-corrected chi connectivity index (χ0v) is 8.98. The van der Waals surface area contributed by atoms with Gasteiger partial charge in [-0.3, -0.25) is 0 Å². The number of nitrogens with two attached hydrogens (primary N) is 1. The number of rotatable bonds is 3. The van der Waals surface area contributed by atoms with E-state index in [2.05, 4.69) is 9.89 Å². The zero-order valence-electron chi connectivity index (χ0n) is 8.98. The lowest BCUT2D eigenvalue weighted by molar-refractivity contribution is -0.0498. The summed E-state index contributed by atoms with van der Waals surface area (Å²) in [5, 5.41) is 3.79. The third kappa shape index (κ3) is 2.35. The largest absolute Gasteiger partial charge is 0.435 e. The number of anilines is 1. The molecule has 0 aliphatic heterocycles. The second-order valence-electron chi connectivity index (χ2n) is 3.42. The molecule has 0 aliphatic rings. The average Bonchev–Trinajstić information content (AvgIpc) is 2.60. The number of hydrogen-bond donors (Lipinski definition) is 1. The highest BCUT2D eigenvalue weighted by Crippen LogP contribution is 2.27. The molecule has 90 valence electrons. The monoisotopic (exact) mass is 240 g/mol. The molecule has 1 aromatic carbocycles. The summed E-state index contributed by atoms with van der Waals surface area (Å²) in [7, 11) is 0.